The van der Waals surface area contributed by atoms with Crippen LogP contribution in [0.2, 0.25) is 0 Å². The first-order valence-electron chi connectivity index (χ1n) is 5.54. The highest BCUT2D eigenvalue weighted by atomic mass is 16.5. The molecule has 0 aliphatic heterocycles. The van der Waals surface area contributed by atoms with Crippen LogP contribution in [0.1, 0.15) is 17.5 Å². The van der Waals surface area contributed by atoms with Gasteiger partial charge in [0.2, 0.25) is 5.89 Å². The largest absolute Gasteiger partial charge is 0.467 e. The Morgan fingerprint density at radius 3 is 2.83 bits per heavy atom. The average molecular weight is 249 g/mol. The molecule has 0 fully saturated rings. The normalized spacial score (nSPS) is 11.6. The van der Waals surface area contributed by atoms with Gasteiger partial charge in [0.15, 0.2) is 11.8 Å². The molecule has 0 saturated carbocycles. The number of rotatable bonds is 4. The number of hydrogen-bond acceptors (Lipinski definition) is 5. The topological polar surface area (TPSA) is 88.5 Å². The molecule has 2 aromatic heterocycles. The predicted molar refractivity (Wildman–Crippen MR) is 64.8 cm³/mol. The Morgan fingerprint density at radius 1 is 1.39 bits per heavy atom. The van der Waals surface area contributed by atoms with E-state index in [1.54, 1.807) is 20.2 Å². The van der Waals surface area contributed by atoms with Crippen molar-refractivity contribution in [2.75, 3.05) is 7.05 Å². The van der Waals surface area contributed by atoms with Gasteiger partial charge in [0.1, 0.15) is 5.76 Å². The molecule has 0 radical (unpaired) electrons. The van der Waals surface area contributed by atoms with Gasteiger partial charge in [-0.05, 0) is 12.1 Å². The second-order valence-corrected chi connectivity index (χ2v) is 3.59. The minimum atomic E-state index is 0.454. The fourth-order valence-corrected chi connectivity index (χ4v) is 1.38. The molecular formula is C11H15N5O2. The fourth-order valence-electron chi connectivity index (χ4n) is 1.38. The molecule has 2 rings (SSSR count). The smallest absolute Gasteiger partial charge is 0.223 e. The molecule has 2 aromatic rings. The summed E-state index contributed by atoms with van der Waals surface area (Å²) >= 11 is 0. The van der Waals surface area contributed by atoms with E-state index in [9.17, 15) is 0 Å². The van der Waals surface area contributed by atoms with E-state index in [2.05, 4.69) is 25.8 Å². The standard InChI is InChI=1S/C11H15N5O2/c1-8-15-10(16-18-8)7-14-11(12-2)13-6-9-4-3-5-17-9/h3-5H,6-7H2,1-2H3,(H2,12,13,14). The van der Waals surface area contributed by atoms with Crippen molar-refractivity contribution in [3.05, 3.63) is 35.9 Å². The molecule has 0 aliphatic rings. The van der Waals surface area contributed by atoms with E-state index in [1.165, 1.54) is 0 Å². The SMILES string of the molecule is CN=C(NCc1noc(C)n1)NCc1ccco1. The second kappa shape index (κ2) is 5.85. The summed E-state index contributed by atoms with van der Waals surface area (Å²) in [6.45, 7) is 2.77. The van der Waals surface area contributed by atoms with Crippen LogP contribution in [0, 0.1) is 6.92 Å². The highest BCUT2D eigenvalue weighted by molar-refractivity contribution is 5.79. The average Bonchev–Trinajstić information content (AvgIpc) is 3.01. The van der Waals surface area contributed by atoms with Gasteiger partial charge in [-0.2, -0.15) is 4.98 Å². The second-order valence-electron chi connectivity index (χ2n) is 3.59. The van der Waals surface area contributed by atoms with Crippen LogP contribution in [-0.2, 0) is 13.1 Å². The van der Waals surface area contributed by atoms with Gasteiger partial charge in [0.05, 0.1) is 19.4 Å². The first-order chi connectivity index (χ1) is 8.78. The van der Waals surface area contributed by atoms with Crippen molar-refractivity contribution in [2.45, 2.75) is 20.0 Å². The van der Waals surface area contributed by atoms with E-state index in [0.29, 0.717) is 30.8 Å². The Kier molecular flexibility index (Phi) is 3.95. The van der Waals surface area contributed by atoms with Gasteiger partial charge < -0.3 is 19.6 Å². The Bertz CT molecular complexity index is 503. The van der Waals surface area contributed by atoms with Crippen LogP contribution >= 0.6 is 0 Å². The Balaban J connectivity index is 1.79. The highest BCUT2D eigenvalue weighted by Gasteiger charge is 2.04. The summed E-state index contributed by atoms with van der Waals surface area (Å²) in [6.07, 6.45) is 1.63. The van der Waals surface area contributed by atoms with Gasteiger partial charge >= 0.3 is 0 Å². The molecule has 2 heterocycles. The molecule has 7 nitrogen and oxygen atoms in total. The van der Waals surface area contributed by atoms with Crippen LogP contribution in [0.5, 0.6) is 0 Å². The molecule has 96 valence electrons. The molecule has 7 heteroatoms. The van der Waals surface area contributed by atoms with E-state index < -0.39 is 0 Å². The maximum Gasteiger partial charge on any atom is 0.223 e. The third-order valence-electron chi connectivity index (χ3n) is 2.22. The molecular weight excluding hydrogens is 234 g/mol. The zero-order chi connectivity index (χ0) is 12.8. The van der Waals surface area contributed by atoms with Gasteiger partial charge in [0.25, 0.3) is 0 Å². The Hall–Kier alpha value is -2.31. The molecule has 0 amide bonds. The van der Waals surface area contributed by atoms with Crippen molar-refractivity contribution in [3.63, 3.8) is 0 Å². The highest BCUT2D eigenvalue weighted by Crippen LogP contribution is 1.98. The molecule has 2 N–H and O–H groups in total. The Labute approximate surface area is 104 Å². The molecule has 0 spiro atoms. The molecule has 18 heavy (non-hydrogen) atoms. The van der Waals surface area contributed by atoms with Crippen molar-refractivity contribution in [1.29, 1.82) is 0 Å². The van der Waals surface area contributed by atoms with E-state index in [0.717, 1.165) is 5.76 Å². The lowest BCUT2D eigenvalue weighted by atomic mass is 10.4. The number of hydrogen-bond donors (Lipinski definition) is 2. The lowest BCUT2D eigenvalue weighted by Gasteiger charge is -2.08. The summed E-state index contributed by atoms with van der Waals surface area (Å²) in [5.41, 5.74) is 0. The van der Waals surface area contributed by atoms with Crippen LogP contribution in [0.25, 0.3) is 0 Å². The van der Waals surface area contributed by atoms with Crippen molar-refractivity contribution in [3.8, 4) is 0 Å². The molecule has 0 aliphatic carbocycles. The van der Waals surface area contributed by atoms with Gasteiger partial charge in [-0.3, -0.25) is 4.99 Å². The van der Waals surface area contributed by atoms with Crippen molar-refractivity contribution >= 4 is 5.96 Å². The van der Waals surface area contributed by atoms with Gasteiger partial charge in [-0.15, -0.1) is 0 Å². The van der Waals surface area contributed by atoms with Gasteiger partial charge in [-0.25, -0.2) is 0 Å². The van der Waals surface area contributed by atoms with Crippen LogP contribution in [0.15, 0.2) is 32.3 Å². The summed E-state index contributed by atoms with van der Waals surface area (Å²) < 4.78 is 10.1. The van der Waals surface area contributed by atoms with E-state index in [4.69, 9.17) is 8.94 Å². The third kappa shape index (κ3) is 3.34. The number of furan rings is 1. The zero-order valence-electron chi connectivity index (χ0n) is 10.3. The van der Waals surface area contributed by atoms with Crippen molar-refractivity contribution in [2.24, 2.45) is 4.99 Å². The van der Waals surface area contributed by atoms with Crippen LogP contribution in [-0.4, -0.2) is 23.1 Å². The summed E-state index contributed by atoms with van der Waals surface area (Å²) in [4.78, 5) is 8.16. The first kappa shape index (κ1) is 12.2. The summed E-state index contributed by atoms with van der Waals surface area (Å²) in [6, 6.07) is 3.73. The summed E-state index contributed by atoms with van der Waals surface area (Å²) in [5, 5.41) is 9.96. The van der Waals surface area contributed by atoms with E-state index >= 15 is 0 Å². The van der Waals surface area contributed by atoms with Gasteiger partial charge in [-0.1, -0.05) is 5.16 Å². The fraction of sp³-hybridized carbons (Fsp3) is 0.364. The monoisotopic (exact) mass is 249 g/mol. The van der Waals surface area contributed by atoms with Crippen LogP contribution in [0.3, 0.4) is 0 Å². The number of aryl methyl sites for hydroxylation is 1. The Morgan fingerprint density at radius 2 is 2.22 bits per heavy atom. The number of nitrogens with zero attached hydrogens (tertiary/aromatic N) is 3. The van der Waals surface area contributed by atoms with Crippen LogP contribution in [0.4, 0.5) is 0 Å². The van der Waals surface area contributed by atoms with E-state index in [-0.39, 0.29) is 0 Å². The van der Waals surface area contributed by atoms with Gasteiger partial charge in [0, 0.05) is 14.0 Å². The minimum absolute atomic E-state index is 0.454. The predicted octanol–water partition coefficient (Wildman–Crippen LogP) is 0.836. The van der Waals surface area contributed by atoms with Crippen LogP contribution < -0.4 is 10.6 Å². The van der Waals surface area contributed by atoms with Crippen molar-refractivity contribution in [1.82, 2.24) is 20.8 Å². The molecule has 0 bridgehead atoms. The summed E-state index contributed by atoms with van der Waals surface area (Å²) in [5.74, 6) is 2.63. The maximum absolute atomic E-state index is 5.21. The number of guanidine groups is 1. The zero-order valence-corrected chi connectivity index (χ0v) is 10.3. The maximum atomic E-state index is 5.21. The first-order valence-corrected chi connectivity index (χ1v) is 5.54. The molecule has 0 atom stereocenters. The third-order valence-corrected chi connectivity index (χ3v) is 2.22. The number of nitrogens with one attached hydrogen (secondary N) is 2. The lowest BCUT2D eigenvalue weighted by Crippen LogP contribution is -2.36. The molecule has 0 aromatic carbocycles. The quantitative estimate of drug-likeness (QED) is 0.616. The van der Waals surface area contributed by atoms with Crippen molar-refractivity contribution < 1.29 is 8.94 Å². The summed E-state index contributed by atoms with van der Waals surface area (Å²) in [7, 11) is 1.69. The minimum Gasteiger partial charge on any atom is -0.467 e. The van der Waals surface area contributed by atoms with E-state index in [1.807, 2.05) is 12.1 Å². The molecule has 0 unspecified atom stereocenters. The number of aromatic nitrogens is 2. The molecule has 0 saturated heterocycles. The number of aliphatic imine (C=N–C) groups is 1. The lowest BCUT2D eigenvalue weighted by molar-refractivity contribution is 0.386.